The van der Waals surface area contributed by atoms with Gasteiger partial charge in [0.05, 0.1) is 10.6 Å². The van der Waals surface area contributed by atoms with E-state index in [9.17, 15) is 18.0 Å². The number of anilines is 1. The van der Waals surface area contributed by atoms with Gasteiger partial charge >= 0.3 is 0 Å². The molecule has 38 heavy (non-hydrogen) atoms. The molecule has 202 valence electrons. The SMILES string of the molecule is CC[C@@H](C(=O)NC)N(Cc1ccc(Cl)cc1)C(=O)CN(c1cc(Cl)ccc1C)S(=O)(=O)c1ccc(C)cc1. The Morgan fingerprint density at radius 1 is 0.921 bits per heavy atom. The fraction of sp³-hybridized carbons (Fsp3) is 0.286. The number of nitrogens with one attached hydrogen (secondary N) is 1. The Kier molecular flexibility index (Phi) is 9.82. The second kappa shape index (κ2) is 12.7. The molecule has 3 aromatic carbocycles. The van der Waals surface area contributed by atoms with Gasteiger partial charge in [0.25, 0.3) is 10.0 Å². The summed E-state index contributed by atoms with van der Waals surface area (Å²) in [4.78, 5) is 28.1. The number of aryl methyl sites for hydroxylation is 2. The molecule has 2 amide bonds. The van der Waals surface area contributed by atoms with E-state index in [1.165, 1.54) is 30.1 Å². The number of nitrogens with zero attached hydrogens (tertiary/aromatic N) is 2. The number of amides is 2. The molecule has 10 heteroatoms. The molecule has 0 bridgehead atoms. The van der Waals surface area contributed by atoms with Crippen molar-refractivity contribution in [3.63, 3.8) is 0 Å². The van der Waals surface area contributed by atoms with Crippen molar-refractivity contribution in [1.29, 1.82) is 0 Å². The van der Waals surface area contributed by atoms with Crippen molar-refractivity contribution in [3.05, 3.63) is 93.5 Å². The maximum atomic E-state index is 13.9. The van der Waals surface area contributed by atoms with Crippen LogP contribution in [0.15, 0.2) is 71.6 Å². The molecule has 0 aliphatic rings. The zero-order valence-electron chi connectivity index (χ0n) is 21.7. The highest BCUT2D eigenvalue weighted by atomic mass is 35.5. The van der Waals surface area contributed by atoms with Crippen molar-refractivity contribution in [2.24, 2.45) is 0 Å². The van der Waals surface area contributed by atoms with Gasteiger partial charge in [-0.15, -0.1) is 0 Å². The van der Waals surface area contributed by atoms with Gasteiger partial charge in [0, 0.05) is 23.6 Å². The zero-order chi connectivity index (χ0) is 28.0. The summed E-state index contributed by atoms with van der Waals surface area (Å²) in [6.45, 7) is 4.97. The number of hydrogen-bond acceptors (Lipinski definition) is 4. The number of likely N-dealkylation sites (N-methyl/N-ethyl adjacent to an activating group) is 1. The first kappa shape index (κ1) is 29.5. The number of carbonyl (C=O) groups excluding carboxylic acids is 2. The molecule has 0 unspecified atom stereocenters. The van der Waals surface area contributed by atoms with Crippen LogP contribution >= 0.6 is 23.2 Å². The number of hydrogen-bond donors (Lipinski definition) is 1. The highest BCUT2D eigenvalue weighted by molar-refractivity contribution is 7.92. The number of halogens is 2. The molecular formula is C28H31Cl2N3O4S. The number of sulfonamides is 1. The van der Waals surface area contributed by atoms with E-state index in [2.05, 4.69) is 5.32 Å². The van der Waals surface area contributed by atoms with Gasteiger partial charge in [-0.25, -0.2) is 8.42 Å². The molecule has 3 aromatic rings. The first-order valence-electron chi connectivity index (χ1n) is 12.1. The number of carbonyl (C=O) groups is 2. The second-order valence-electron chi connectivity index (χ2n) is 8.94. The number of benzene rings is 3. The van der Waals surface area contributed by atoms with E-state index in [0.717, 1.165) is 15.4 Å². The molecular weight excluding hydrogens is 545 g/mol. The van der Waals surface area contributed by atoms with Crippen LogP contribution in [0.2, 0.25) is 10.0 Å². The fourth-order valence-electron chi connectivity index (χ4n) is 4.07. The second-order valence-corrected chi connectivity index (χ2v) is 11.7. The van der Waals surface area contributed by atoms with Gasteiger partial charge in [-0.1, -0.05) is 66.0 Å². The van der Waals surface area contributed by atoms with Gasteiger partial charge in [0.1, 0.15) is 12.6 Å². The van der Waals surface area contributed by atoms with E-state index < -0.39 is 28.5 Å². The molecule has 1 atom stereocenters. The average molecular weight is 577 g/mol. The van der Waals surface area contributed by atoms with E-state index in [-0.39, 0.29) is 23.0 Å². The van der Waals surface area contributed by atoms with Gasteiger partial charge in [-0.3, -0.25) is 13.9 Å². The van der Waals surface area contributed by atoms with E-state index in [4.69, 9.17) is 23.2 Å². The summed E-state index contributed by atoms with van der Waals surface area (Å²) < 4.78 is 28.9. The van der Waals surface area contributed by atoms with Crippen molar-refractivity contribution >= 4 is 50.7 Å². The van der Waals surface area contributed by atoms with Crippen LogP contribution in [0, 0.1) is 13.8 Å². The topological polar surface area (TPSA) is 86.8 Å². The van der Waals surface area contributed by atoms with Crippen LogP contribution in [0.5, 0.6) is 0 Å². The lowest BCUT2D eigenvalue weighted by atomic mass is 10.1. The van der Waals surface area contributed by atoms with Crippen LogP contribution in [-0.2, 0) is 26.2 Å². The third-order valence-corrected chi connectivity index (χ3v) is 8.49. The maximum Gasteiger partial charge on any atom is 0.264 e. The van der Waals surface area contributed by atoms with Crippen LogP contribution in [0.3, 0.4) is 0 Å². The third-order valence-electron chi connectivity index (χ3n) is 6.23. The first-order valence-corrected chi connectivity index (χ1v) is 14.3. The fourth-order valence-corrected chi connectivity index (χ4v) is 5.84. The minimum atomic E-state index is -4.17. The summed E-state index contributed by atoms with van der Waals surface area (Å²) in [5.41, 5.74) is 2.55. The molecule has 0 fully saturated rings. The highest BCUT2D eigenvalue weighted by Crippen LogP contribution is 2.30. The molecule has 0 aliphatic carbocycles. The summed E-state index contributed by atoms with van der Waals surface area (Å²) in [6, 6.07) is 17.4. The van der Waals surface area contributed by atoms with Crippen LogP contribution in [0.1, 0.15) is 30.0 Å². The van der Waals surface area contributed by atoms with Crippen LogP contribution in [-0.4, -0.2) is 44.8 Å². The molecule has 0 aromatic heterocycles. The van der Waals surface area contributed by atoms with Crippen LogP contribution in [0.25, 0.3) is 0 Å². The standard InChI is InChI=1S/C28H31Cl2N3O4S/c1-5-25(28(35)31-4)32(17-21-9-12-22(29)13-10-21)27(34)18-33(26-16-23(30)11-8-20(26)3)38(36,37)24-14-6-19(2)7-15-24/h6-16,25H,5,17-18H2,1-4H3,(H,31,35)/t25-/m0/s1. The molecule has 0 spiro atoms. The summed E-state index contributed by atoms with van der Waals surface area (Å²) in [5.74, 6) is -0.882. The quantitative estimate of drug-likeness (QED) is 0.352. The molecule has 0 radical (unpaired) electrons. The minimum absolute atomic E-state index is 0.0397. The van der Waals surface area contributed by atoms with Gasteiger partial charge in [-0.2, -0.15) is 0 Å². The van der Waals surface area contributed by atoms with E-state index in [1.807, 2.05) is 6.92 Å². The van der Waals surface area contributed by atoms with Crippen LogP contribution < -0.4 is 9.62 Å². The Morgan fingerprint density at radius 2 is 1.53 bits per heavy atom. The predicted molar refractivity (Wildman–Crippen MR) is 152 cm³/mol. The highest BCUT2D eigenvalue weighted by Gasteiger charge is 2.34. The van der Waals surface area contributed by atoms with Gasteiger partial charge in [-0.05, 0) is 67.8 Å². The lowest BCUT2D eigenvalue weighted by Crippen LogP contribution is -2.51. The van der Waals surface area contributed by atoms with Gasteiger partial charge in [0.15, 0.2) is 0 Å². The Labute approximate surface area is 234 Å². The third kappa shape index (κ3) is 6.87. The lowest BCUT2D eigenvalue weighted by Gasteiger charge is -2.33. The molecule has 1 N–H and O–H groups in total. The molecule has 0 aliphatic heterocycles. The first-order chi connectivity index (χ1) is 18.0. The number of rotatable bonds is 10. The molecule has 3 rings (SSSR count). The van der Waals surface area contributed by atoms with Gasteiger partial charge < -0.3 is 10.2 Å². The van der Waals surface area contributed by atoms with Crippen molar-refractivity contribution < 1.29 is 18.0 Å². The summed E-state index contributed by atoms with van der Waals surface area (Å²) in [5, 5.41) is 3.48. The van der Waals surface area contributed by atoms with Crippen molar-refractivity contribution in [3.8, 4) is 0 Å². The van der Waals surface area contributed by atoms with Crippen molar-refractivity contribution in [2.75, 3.05) is 17.9 Å². The Morgan fingerprint density at radius 3 is 2.11 bits per heavy atom. The average Bonchev–Trinajstić information content (AvgIpc) is 2.89. The zero-order valence-corrected chi connectivity index (χ0v) is 24.1. The summed E-state index contributed by atoms with van der Waals surface area (Å²) in [7, 11) is -2.67. The van der Waals surface area contributed by atoms with Crippen LogP contribution in [0.4, 0.5) is 5.69 Å². The Hall–Kier alpha value is -3.07. The monoisotopic (exact) mass is 575 g/mol. The largest absolute Gasteiger partial charge is 0.357 e. The normalized spacial score (nSPS) is 12.1. The van der Waals surface area contributed by atoms with Crippen molar-refractivity contribution in [1.82, 2.24) is 10.2 Å². The van der Waals surface area contributed by atoms with E-state index in [1.54, 1.807) is 62.4 Å². The Balaban J connectivity index is 2.10. The maximum absolute atomic E-state index is 13.9. The summed E-state index contributed by atoms with van der Waals surface area (Å²) >= 11 is 12.3. The molecule has 7 nitrogen and oxygen atoms in total. The van der Waals surface area contributed by atoms with Gasteiger partial charge in [0.2, 0.25) is 11.8 Å². The minimum Gasteiger partial charge on any atom is -0.357 e. The Bertz CT molecular complexity index is 1390. The van der Waals surface area contributed by atoms with Crippen molar-refractivity contribution in [2.45, 2.75) is 44.7 Å². The smallest absolute Gasteiger partial charge is 0.264 e. The van der Waals surface area contributed by atoms with E-state index >= 15 is 0 Å². The molecule has 0 saturated carbocycles. The molecule has 0 heterocycles. The van der Waals surface area contributed by atoms with E-state index in [0.29, 0.717) is 22.0 Å². The lowest BCUT2D eigenvalue weighted by molar-refractivity contribution is -0.140. The summed E-state index contributed by atoms with van der Waals surface area (Å²) in [6.07, 6.45) is 0.333. The molecule has 0 saturated heterocycles. The predicted octanol–water partition coefficient (Wildman–Crippen LogP) is 5.36.